The number of ether oxygens (including phenoxy) is 2. The zero-order chi connectivity index (χ0) is 27.2. The number of fused-ring (bicyclic) bond motifs is 7. The third-order valence-electron chi connectivity index (χ3n) is 7.72. The Morgan fingerprint density at radius 3 is 1.77 bits per heavy atom. The van der Waals surface area contributed by atoms with Gasteiger partial charge in [0.1, 0.15) is 29.9 Å². The standard InChI is InChI=1S/C33H32N2O3S/c34-20-30-28-10-6-22-18-24(37-15-4-2-1-3-14-36)8-12-26(22)32(28)33-27-13-9-25(38-16-5-17-39)19-23(27)7-11-29(33)31(30)21-35/h8-9,12-14,18-19,39H,1-7,10-11,15-17H2. The minimum Gasteiger partial charge on any atom is -0.494 e. The molecule has 5 nitrogen and oxygen atoms in total. The van der Waals surface area contributed by atoms with Gasteiger partial charge < -0.3 is 14.3 Å². The first-order valence-corrected chi connectivity index (χ1v) is 14.4. The molecule has 0 bridgehead atoms. The van der Waals surface area contributed by atoms with Gasteiger partial charge in [-0.2, -0.15) is 23.2 Å². The van der Waals surface area contributed by atoms with Crippen molar-refractivity contribution in [1.82, 2.24) is 0 Å². The number of hydrogen-bond acceptors (Lipinski definition) is 6. The first kappa shape index (κ1) is 26.9. The molecule has 6 heteroatoms. The Morgan fingerprint density at radius 2 is 1.28 bits per heavy atom. The summed E-state index contributed by atoms with van der Waals surface area (Å²) in [6, 6.07) is 17.3. The van der Waals surface area contributed by atoms with Gasteiger partial charge in [-0.3, -0.25) is 0 Å². The van der Waals surface area contributed by atoms with Gasteiger partial charge in [0.05, 0.1) is 24.3 Å². The summed E-state index contributed by atoms with van der Waals surface area (Å²) < 4.78 is 12.0. The fraction of sp³-hybridized carbons (Fsp3) is 0.364. The van der Waals surface area contributed by atoms with E-state index in [1.54, 1.807) is 0 Å². The Balaban J connectivity index is 1.55. The van der Waals surface area contributed by atoms with Crippen LogP contribution in [0.5, 0.6) is 11.5 Å². The zero-order valence-electron chi connectivity index (χ0n) is 22.1. The quantitative estimate of drug-likeness (QED) is 0.166. The molecule has 0 fully saturated rings. The van der Waals surface area contributed by atoms with E-state index in [-0.39, 0.29) is 0 Å². The largest absolute Gasteiger partial charge is 0.494 e. The van der Waals surface area contributed by atoms with Crippen LogP contribution in [0.25, 0.3) is 22.3 Å². The van der Waals surface area contributed by atoms with Crippen LogP contribution in [-0.2, 0) is 30.5 Å². The average molecular weight is 537 g/mol. The van der Waals surface area contributed by atoms with E-state index in [9.17, 15) is 15.3 Å². The molecule has 2 aliphatic carbocycles. The van der Waals surface area contributed by atoms with Gasteiger partial charge >= 0.3 is 0 Å². The minimum absolute atomic E-state index is 0.530. The van der Waals surface area contributed by atoms with Crippen LogP contribution < -0.4 is 9.47 Å². The number of nitrogens with zero attached hydrogens (tertiary/aromatic N) is 2. The number of benzene rings is 3. The van der Waals surface area contributed by atoms with Crippen molar-refractivity contribution in [2.75, 3.05) is 19.0 Å². The normalized spacial score (nSPS) is 12.7. The van der Waals surface area contributed by atoms with Crippen molar-refractivity contribution in [3.63, 3.8) is 0 Å². The maximum Gasteiger partial charge on any atom is 0.119 e. The average Bonchev–Trinajstić information content (AvgIpc) is 2.97. The van der Waals surface area contributed by atoms with Gasteiger partial charge in [-0.1, -0.05) is 12.1 Å². The van der Waals surface area contributed by atoms with Crippen LogP contribution in [0.2, 0.25) is 0 Å². The van der Waals surface area contributed by atoms with Crippen molar-refractivity contribution in [2.24, 2.45) is 0 Å². The number of hydrogen-bond donors (Lipinski definition) is 1. The van der Waals surface area contributed by atoms with E-state index < -0.39 is 0 Å². The highest BCUT2D eigenvalue weighted by Gasteiger charge is 2.32. The maximum absolute atomic E-state index is 10.5. The minimum atomic E-state index is 0.530. The lowest BCUT2D eigenvalue weighted by Gasteiger charge is -2.31. The molecule has 0 unspecified atom stereocenters. The molecular weight excluding hydrogens is 504 g/mol. The van der Waals surface area contributed by atoms with Gasteiger partial charge in [-0.15, -0.1) is 0 Å². The fourth-order valence-corrected chi connectivity index (χ4v) is 6.02. The summed E-state index contributed by atoms with van der Waals surface area (Å²) in [6.07, 6.45) is 8.28. The summed E-state index contributed by atoms with van der Waals surface area (Å²) >= 11 is 4.27. The third-order valence-corrected chi connectivity index (χ3v) is 8.03. The second-order valence-corrected chi connectivity index (χ2v) is 10.6. The van der Waals surface area contributed by atoms with Gasteiger partial charge in [-0.05, 0) is 126 Å². The monoisotopic (exact) mass is 536 g/mol. The number of nitriles is 2. The lowest BCUT2D eigenvalue weighted by molar-refractivity contribution is -0.107. The Hall–Kier alpha value is -3.74. The Morgan fingerprint density at radius 1 is 0.744 bits per heavy atom. The van der Waals surface area contributed by atoms with Gasteiger partial charge in [-0.25, -0.2) is 0 Å². The van der Waals surface area contributed by atoms with Crippen molar-refractivity contribution in [2.45, 2.75) is 57.8 Å². The lowest BCUT2D eigenvalue weighted by atomic mass is 9.72. The molecule has 0 N–H and O–H groups in total. The van der Waals surface area contributed by atoms with Crippen LogP contribution >= 0.6 is 12.6 Å². The summed E-state index contributed by atoms with van der Waals surface area (Å²) in [5.74, 6) is 2.49. The smallest absolute Gasteiger partial charge is 0.119 e. The third kappa shape index (κ3) is 5.40. The van der Waals surface area contributed by atoms with E-state index in [0.717, 1.165) is 95.4 Å². The number of aldehydes is 1. The van der Waals surface area contributed by atoms with Crippen molar-refractivity contribution in [3.05, 3.63) is 69.8 Å². The highest BCUT2D eigenvalue weighted by molar-refractivity contribution is 7.80. The van der Waals surface area contributed by atoms with E-state index >= 15 is 0 Å². The SMILES string of the molecule is N#Cc1c(C#N)c2c(c3c1CCc1cc(OCCCS)ccc1-3)-c1ccc(OCCCCCC=O)cc1CC2. The number of unbranched alkanes of at least 4 members (excludes halogenated alkanes) is 3. The first-order chi connectivity index (χ1) is 19.2. The topological polar surface area (TPSA) is 83.1 Å². The van der Waals surface area contributed by atoms with Crippen LogP contribution in [0.3, 0.4) is 0 Å². The van der Waals surface area contributed by atoms with Crippen LogP contribution in [0.15, 0.2) is 36.4 Å². The summed E-state index contributed by atoms with van der Waals surface area (Å²) in [5, 5.41) is 20.3. The van der Waals surface area contributed by atoms with Gasteiger partial charge in [0.2, 0.25) is 0 Å². The number of thiol groups is 1. The molecule has 198 valence electrons. The molecule has 0 heterocycles. The van der Waals surface area contributed by atoms with Gasteiger partial charge in [0.15, 0.2) is 0 Å². The van der Waals surface area contributed by atoms with Gasteiger partial charge in [0.25, 0.3) is 0 Å². The van der Waals surface area contributed by atoms with E-state index in [1.165, 1.54) is 11.1 Å². The molecule has 0 saturated heterocycles. The highest BCUT2D eigenvalue weighted by Crippen LogP contribution is 2.49. The number of rotatable bonds is 11. The molecule has 39 heavy (non-hydrogen) atoms. The predicted molar refractivity (Wildman–Crippen MR) is 156 cm³/mol. The lowest BCUT2D eigenvalue weighted by Crippen LogP contribution is -2.16. The molecule has 2 aliphatic rings. The molecule has 5 rings (SSSR count). The Labute approximate surface area is 235 Å². The molecule has 0 atom stereocenters. The first-order valence-electron chi connectivity index (χ1n) is 13.8. The van der Waals surface area contributed by atoms with Crippen LogP contribution in [0.1, 0.15) is 65.5 Å². The molecular formula is C33H32N2O3S. The van der Waals surface area contributed by atoms with Crippen molar-refractivity contribution in [3.8, 4) is 45.9 Å². The maximum atomic E-state index is 10.5. The molecule has 0 spiro atoms. The molecule has 0 saturated carbocycles. The zero-order valence-corrected chi connectivity index (χ0v) is 23.0. The van der Waals surface area contributed by atoms with Crippen molar-refractivity contribution in [1.29, 1.82) is 10.5 Å². The second-order valence-electron chi connectivity index (χ2n) is 10.1. The van der Waals surface area contributed by atoms with E-state index in [0.29, 0.717) is 43.6 Å². The van der Waals surface area contributed by atoms with Crippen LogP contribution in [-0.4, -0.2) is 25.3 Å². The van der Waals surface area contributed by atoms with Crippen molar-refractivity contribution >= 4 is 18.9 Å². The Bertz CT molecular complexity index is 1480. The summed E-state index contributed by atoms with van der Waals surface area (Å²) in [6.45, 7) is 1.26. The summed E-state index contributed by atoms with van der Waals surface area (Å²) in [4.78, 5) is 10.5. The molecule has 0 aliphatic heterocycles. The summed E-state index contributed by atoms with van der Waals surface area (Å²) in [7, 11) is 0. The van der Waals surface area contributed by atoms with Crippen molar-refractivity contribution < 1.29 is 14.3 Å². The fourth-order valence-electron chi connectivity index (χ4n) is 5.89. The molecule has 0 amide bonds. The molecule has 3 aromatic carbocycles. The Kier molecular flexibility index (Phi) is 8.54. The van der Waals surface area contributed by atoms with E-state index in [2.05, 4.69) is 49.0 Å². The molecule has 0 aromatic heterocycles. The van der Waals surface area contributed by atoms with E-state index in [4.69, 9.17) is 9.47 Å². The van der Waals surface area contributed by atoms with Crippen LogP contribution in [0.4, 0.5) is 0 Å². The number of carbonyl (C=O) groups excluding carboxylic acids is 1. The number of carbonyl (C=O) groups is 1. The summed E-state index contributed by atoms with van der Waals surface area (Å²) in [5.41, 5.74) is 9.86. The predicted octanol–water partition coefficient (Wildman–Crippen LogP) is 6.80. The number of aryl methyl sites for hydroxylation is 2. The second kappa shape index (κ2) is 12.4. The van der Waals surface area contributed by atoms with Crippen LogP contribution in [0, 0.1) is 22.7 Å². The van der Waals surface area contributed by atoms with Gasteiger partial charge in [0, 0.05) is 6.42 Å². The molecule has 3 aromatic rings. The highest BCUT2D eigenvalue weighted by atomic mass is 32.1. The van der Waals surface area contributed by atoms with E-state index in [1.807, 2.05) is 12.1 Å². The molecule has 0 radical (unpaired) electrons.